The van der Waals surface area contributed by atoms with E-state index in [1.54, 1.807) is 0 Å². The summed E-state index contributed by atoms with van der Waals surface area (Å²) in [5.74, 6) is 0. The average Bonchev–Trinajstić information content (AvgIpc) is 2.94. The number of rotatable bonds is 5. The van der Waals surface area contributed by atoms with Crippen LogP contribution in [0.2, 0.25) is 0 Å². The summed E-state index contributed by atoms with van der Waals surface area (Å²) in [6.07, 6.45) is 2.18. The molecule has 0 amide bonds. The first-order chi connectivity index (χ1) is 9.86. The van der Waals surface area contributed by atoms with Crippen LogP contribution in [0.5, 0.6) is 0 Å². The number of fused-ring (bicyclic) bond motifs is 1. The van der Waals surface area contributed by atoms with E-state index in [1.807, 2.05) is 0 Å². The van der Waals surface area contributed by atoms with Crippen LogP contribution in [0, 0.1) is 0 Å². The molecule has 2 N–H and O–H groups in total. The molecule has 0 aromatic heterocycles. The van der Waals surface area contributed by atoms with Crippen molar-refractivity contribution >= 4 is 5.69 Å². The third-order valence-electron chi connectivity index (χ3n) is 3.96. The first kappa shape index (κ1) is 13.2. The topological polar surface area (TPSA) is 24.1 Å². The minimum absolute atomic E-state index is 0.958. The SMILES string of the molecule is CCNCc1ccccc1Cc1ccc2c(c1)CCN2. The highest BCUT2D eigenvalue weighted by Gasteiger charge is 2.10. The van der Waals surface area contributed by atoms with E-state index in [9.17, 15) is 0 Å². The van der Waals surface area contributed by atoms with E-state index < -0.39 is 0 Å². The van der Waals surface area contributed by atoms with Crippen LogP contribution in [0.15, 0.2) is 42.5 Å². The number of hydrogen-bond acceptors (Lipinski definition) is 2. The van der Waals surface area contributed by atoms with Crippen molar-refractivity contribution in [1.82, 2.24) is 5.32 Å². The minimum Gasteiger partial charge on any atom is -0.384 e. The van der Waals surface area contributed by atoms with Crippen LogP contribution in [-0.4, -0.2) is 13.1 Å². The van der Waals surface area contributed by atoms with Crippen molar-refractivity contribution in [2.75, 3.05) is 18.4 Å². The number of benzene rings is 2. The fourth-order valence-electron chi connectivity index (χ4n) is 2.85. The largest absolute Gasteiger partial charge is 0.384 e. The second-order valence-corrected chi connectivity index (χ2v) is 5.39. The van der Waals surface area contributed by atoms with E-state index in [2.05, 4.69) is 60.0 Å². The molecular formula is C18H22N2. The molecule has 0 saturated carbocycles. The summed E-state index contributed by atoms with van der Waals surface area (Å²) >= 11 is 0. The Kier molecular flexibility index (Phi) is 4.03. The van der Waals surface area contributed by atoms with Crippen LogP contribution in [0.1, 0.15) is 29.2 Å². The number of anilines is 1. The molecule has 20 heavy (non-hydrogen) atoms. The summed E-state index contributed by atoms with van der Waals surface area (Å²) in [7, 11) is 0. The predicted octanol–water partition coefficient (Wildman–Crippen LogP) is 3.35. The molecule has 1 heterocycles. The van der Waals surface area contributed by atoms with Crippen molar-refractivity contribution in [3.8, 4) is 0 Å². The lowest BCUT2D eigenvalue weighted by atomic mass is 9.98. The molecule has 0 unspecified atom stereocenters. The monoisotopic (exact) mass is 266 g/mol. The molecule has 1 aliphatic heterocycles. The fraction of sp³-hybridized carbons (Fsp3) is 0.333. The number of nitrogens with one attached hydrogen (secondary N) is 2. The zero-order chi connectivity index (χ0) is 13.8. The van der Waals surface area contributed by atoms with Gasteiger partial charge in [-0.1, -0.05) is 43.3 Å². The molecular weight excluding hydrogens is 244 g/mol. The van der Waals surface area contributed by atoms with Gasteiger partial charge in [-0.25, -0.2) is 0 Å². The van der Waals surface area contributed by atoms with E-state index in [4.69, 9.17) is 0 Å². The third-order valence-corrected chi connectivity index (χ3v) is 3.96. The van der Waals surface area contributed by atoms with Crippen molar-refractivity contribution in [3.05, 3.63) is 64.7 Å². The van der Waals surface area contributed by atoms with Crippen molar-refractivity contribution in [1.29, 1.82) is 0 Å². The van der Waals surface area contributed by atoms with Crippen molar-refractivity contribution in [2.24, 2.45) is 0 Å². The van der Waals surface area contributed by atoms with Crippen LogP contribution in [0.25, 0.3) is 0 Å². The van der Waals surface area contributed by atoms with E-state index in [0.717, 1.165) is 32.5 Å². The molecule has 0 atom stereocenters. The van der Waals surface area contributed by atoms with Gasteiger partial charge in [-0.15, -0.1) is 0 Å². The summed E-state index contributed by atoms with van der Waals surface area (Å²) in [4.78, 5) is 0. The molecule has 2 nitrogen and oxygen atoms in total. The summed E-state index contributed by atoms with van der Waals surface area (Å²) in [5, 5.41) is 6.84. The standard InChI is InChI=1S/C18H22N2/c1-2-19-13-17-6-4-3-5-15(17)11-14-7-8-18-16(12-14)9-10-20-18/h3-8,12,19-20H,2,9-11,13H2,1H3. The first-order valence-electron chi connectivity index (χ1n) is 7.50. The lowest BCUT2D eigenvalue weighted by Crippen LogP contribution is -2.13. The Hall–Kier alpha value is -1.80. The van der Waals surface area contributed by atoms with Gasteiger partial charge < -0.3 is 10.6 Å². The highest BCUT2D eigenvalue weighted by molar-refractivity contribution is 5.57. The Morgan fingerprint density at radius 1 is 1.10 bits per heavy atom. The highest BCUT2D eigenvalue weighted by atomic mass is 14.9. The summed E-state index contributed by atoms with van der Waals surface area (Å²) < 4.78 is 0. The lowest BCUT2D eigenvalue weighted by molar-refractivity contribution is 0.721. The van der Waals surface area contributed by atoms with Crippen LogP contribution in [0.3, 0.4) is 0 Å². The highest BCUT2D eigenvalue weighted by Crippen LogP contribution is 2.24. The molecule has 2 aromatic carbocycles. The second-order valence-electron chi connectivity index (χ2n) is 5.39. The Labute approximate surface area is 121 Å². The summed E-state index contributed by atoms with van der Waals surface area (Å²) in [6.45, 7) is 5.20. The molecule has 0 bridgehead atoms. The van der Waals surface area contributed by atoms with Crippen molar-refractivity contribution in [2.45, 2.75) is 26.3 Å². The molecule has 0 saturated heterocycles. The van der Waals surface area contributed by atoms with E-state index in [1.165, 1.54) is 27.9 Å². The van der Waals surface area contributed by atoms with Crippen molar-refractivity contribution < 1.29 is 0 Å². The molecule has 1 aliphatic rings. The smallest absolute Gasteiger partial charge is 0.0373 e. The maximum Gasteiger partial charge on any atom is 0.0373 e. The molecule has 2 aromatic rings. The molecule has 3 rings (SSSR count). The van der Waals surface area contributed by atoms with Gasteiger partial charge in [-0.2, -0.15) is 0 Å². The van der Waals surface area contributed by atoms with Gasteiger partial charge in [0.25, 0.3) is 0 Å². The van der Waals surface area contributed by atoms with Gasteiger partial charge in [0.2, 0.25) is 0 Å². The van der Waals surface area contributed by atoms with Crippen LogP contribution < -0.4 is 10.6 Å². The molecule has 2 heteroatoms. The number of hydrogen-bond donors (Lipinski definition) is 2. The zero-order valence-electron chi connectivity index (χ0n) is 12.1. The van der Waals surface area contributed by atoms with Gasteiger partial charge >= 0.3 is 0 Å². The zero-order valence-corrected chi connectivity index (χ0v) is 12.1. The Morgan fingerprint density at radius 3 is 2.80 bits per heavy atom. The minimum atomic E-state index is 0.958. The maximum atomic E-state index is 3.42. The van der Waals surface area contributed by atoms with Gasteiger partial charge in [0.15, 0.2) is 0 Å². The Bertz CT molecular complexity index is 590. The van der Waals surface area contributed by atoms with E-state index in [0.29, 0.717) is 0 Å². The fourth-order valence-corrected chi connectivity index (χ4v) is 2.85. The molecule has 0 radical (unpaired) electrons. The maximum absolute atomic E-state index is 3.42. The van der Waals surface area contributed by atoms with Crippen LogP contribution in [0.4, 0.5) is 5.69 Å². The average molecular weight is 266 g/mol. The van der Waals surface area contributed by atoms with Gasteiger partial charge in [0.05, 0.1) is 0 Å². The van der Waals surface area contributed by atoms with Crippen molar-refractivity contribution in [3.63, 3.8) is 0 Å². The predicted molar refractivity (Wildman–Crippen MR) is 85.3 cm³/mol. The summed E-state index contributed by atoms with van der Waals surface area (Å²) in [6, 6.07) is 15.6. The Balaban J connectivity index is 1.80. The van der Waals surface area contributed by atoms with E-state index in [-0.39, 0.29) is 0 Å². The second kappa shape index (κ2) is 6.10. The molecule has 104 valence electrons. The van der Waals surface area contributed by atoms with Crippen LogP contribution >= 0.6 is 0 Å². The lowest BCUT2D eigenvalue weighted by Gasteiger charge is -2.11. The van der Waals surface area contributed by atoms with Gasteiger partial charge in [-0.05, 0) is 47.7 Å². The normalized spacial score (nSPS) is 13.1. The van der Waals surface area contributed by atoms with Gasteiger partial charge in [0, 0.05) is 18.8 Å². The first-order valence-corrected chi connectivity index (χ1v) is 7.50. The molecule has 0 spiro atoms. The van der Waals surface area contributed by atoms with Crippen LogP contribution in [-0.2, 0) is 19.4 Å². The molecule has 0 fully saturated rings. The van der Waals surface area contributed by atoms with Gasteiger partial charge in [0.1, 0.15) is 0 Å². The van der Waals surface area contributed by atoms with Gasteiger partial charge in [-0.3, -0.25) is 0 Å². The quantitative estimate of drug-likeness (QED) is 0.867. The molecule has 0 aliphatic carbocycles. The summed E-state index contributed by atoms with van der Waals surface area (Å²) in [5.41, 5.74) is 7.03. The van der Waals surface area contributed by atoms with E-state index >= 15 is 0 Å². The third kappa shape index (κ3) is 2.86. The Morgan fingerprint density at radius 2 is 1.95 bits per heavy atom.